The highest BCUT2D eigenvalue weighted by Gasteiger charge is 2.51. The number of rotatable bonds is 1. The van der Waals surface area contributed by atoms with E-state index in [1.165, 1.54) is 19.3 Å². The molecule has 0 aromatic carbocycles. The molecular formula is C14H25N3O. The van der Waals surface area contributed by atoms with Gasteiger partial charge >= 0.3 is 0 Å². The molecule has 0 bridgehead atoms. The van der Waals surface area contributed by atoms with E-state index in [1.54, 1.807) is 0 Å². The van der Waals surface area contributed by atoms with Crippen molar-refractivity contribution in [3.63, 3.8) is 0 Å². The Morgan fingerprint density at radius 2 is 2.00 bits per heavy atom. The maximum Gasteiger partial charge on any atom is 0.230 e. The maximum absolute atomic E-state index is 12.9. The van der Waals surface area contributed by atoms with Crippen molar-refractivity contribution in [1.82, 2.24) is 10.2 Å². The molecule has 0 aromatic rings. The van der Waals surface area contributed by atoms with Gasteiger partial charge < -0.3 is 16.0 Å². The number of nitrogens with zero attached hydrogens (tertiary/aromatic N) is 1. The molecule has 18 heavy (non-hydrogen) atoms. The van der Waals surface area contributed by atoms with Gasteiger partial charge in [0, 0.05) is 25.7 Å². The van der Waals surface area contributed by atoms with Crippen molar-refractivity contribution in [2.45, 2.75) is 44.6 Å². The second-order valence-corrected chi connectivity index (χ2v) is 6.36. The summed E-state index contributed by atoms with van der Waals surface area (Å²) in [6.07, 6.45) is 6.78. The molecule has 2 aliphatic heterocycles. The van der Waals surface area contributed by atoms with Gasteiger partial charge in [-0.15, -0.1) is 0 Å². The summed E-state index contributed by atoms with van der Waals surface area (Å²) >= 11 is 0. The predicted molar refractivity (Wildman–Crippen MR) is 71.1 cm³/mol. The van der Waals surface area contributed by atoms with Gasteiger partial charge in [0.15, 0.2) is 0 Å². The zero-order chi connectivity index (χ0) is 12.6. The molecule has 1 saturated carbocycles. The fourth-order valence-electron chi connectivity index (χ4n) is 4.09. The minimum absolute atomic E-state index is 0.0698. The number of hydrogen-bond acceptors (Lipinski definition) is 3. The lowest BCUT2D eigenvalue weighted by Gasteiger charge is -2.42. The molecule has 0 spiro atoms. The molecular weight excluding hydrogens is 226 g/mol. The molecule has 0 radical (unpaired) electrons. The Hall–Kier alpha value is -0.610. The van der Waals surface area contributed by atoms with E-state index in [9.17, 15) is 4.79 Å². The number of likely N-dealkylation sites (tertiary alicyclic amines) is 1. The van der Waals surface area contributed by atoms with E-state index in [-0.39, 0.29) is 5.41 Å². The highest BCUT2D eigenvalue weighted by atomic mass is 16.2. The van der Waals surface area contributed by atoms with Gasteiger partial charge in [0.2, 0.25) is 5.91 Å². The molecule has 3 rings (SSSR count). The van der Waals surface area contributed by atoms with Gasteiger partial charge in [0.25, 0.3) is 0 Å². The highest BCUT2D eigenvalue weighted by Crippen LogP contribution is 2.45. The van der Waals surface area contributed by atoms with Crippen molar-refractivity contribution in [2.24, 2.45) is 17.1 Å². The molecule has 0 unspecified atom stereocenters. The highest BCUT2D eigenvalue weighted by molar-refractivity contribution is 5.84. The largest absolute Gasteiger partial charge is 0.342 e. The summed E-state index contributed by atoms with van der Waals surface area (Å²) in [5.41, 5.74) is 5.86. The lowest BCUT2D eigenvalue weighted by Crippen LogP contribution is -2.53. The van der Waals surface area contributed by atoms with Crippen LogP contribution < -0.4 is 11.1 Å². The molecule has 4 heteroatoms. The summed E-state index contributed by atoms with van der Waals surface area (Å²) < 4.78 is 0. The van der Waals surface area contributed by atoms with Crippen molar-refractivity contribution in [3.8, 4) is 0 Å². The molecule has 1 amide bonds. The van der Waals surface area contributed by atoms with Crippen molar-refractivity contribution in [3.05, 3.63) is 0 Å². The van der Waals surface area contributed by atoms with Gasteiger partial charge in [0.05, 0.1) is 5.41 Å². The van der Waals surface area contributed by atoms with E-state index in [0.717, 1.165) is 45.4 Å². The van der Waals surface area contributed by atoms with Crippen LogP contribution >= 0.6 is 0 Å². The first-order valence-electron chi connectivity index (χ1n) is 7.48. The lowest BCUT2D eigenvalue weighted by atomic mass is 9.67. The fraction of sp³-hybridized carbons (Fsp3) is 0.929. The van der Waals surface area contributed by atoms with Crippen LogP contribution in [0.15, 0.2) is 0 Å². The first-order valence-corrected chi connectivity index (χ1v) is 7.48. The Bertz CT molecular complexity index is 325. The monoisotopic (exact) mass is 251 g/mol. The Labute approximate surface area is 109 Å². The summed E-state index contributed by atoms with van der Waals surface area (Å²) in [5.74, 6) is 0.999. The van der Waals surface area contributed by atoms with E-state index in [2.05, 4.69) is 10.2 Å². The average Bonchev–Trinajstić information content (AvgIpc) is 2.83. The van der Waals surface area contributed by atoms with Gasteiger partial charge in [-0.25, -0.2) is 0 Å². The first kappa shape index (κ1) is 12.4. The third-order valence-corrected chi connectivity index (χ3v) is 5.29. The summed E-state index contributed by atoms with van der Waals surface area (Å²) in [5, 5.41) is 3.46. The van der Waals surface area contributed by atoms with Crippen LogP contribution in [0.2, 0.25) is 0 Å². The summed E-state index contributed by atoms with van der Waals surface area (Å²) in [6, 6.07) is 0.301. The smallest absolute Gasteiger partial charge is 0.230 e. The van der Waals surface area contributed by atoms with Gasteiger partial charge in [-0.05, 0) is 38.1 Å². The standard InChI is InChI=1S/C14H25N3O/c15-12-4-7-17(8-5-12)13(18)14-6-2-1-3-11(14)9-16-10-14/h11-12,16H,1-10,15H2/t11-,14+/m0/s1. The van der Waals surface area contributed by atoms with Gasteiger partial charge in [-0.3, -0.25) is 4.79 Å². The molecule has 2 heterocycles. The van der Waals surface area contributed by atoms with Crippen LogP contribution in [-0.4, -0.2) is 43.0 Å². The minimum Gasteiger partial charge on any atom is -0.342 e. The molecule has 2 saturated heterocycles. The molecule has 0 aromatic heterocycles. The molecule has 3 N–H and O–H groups in total. The van der Waals surface area contributed by atoms with Gasteiger partial charge in [-0.1, -0.05) is 12.8 Å². The van der Waals surface area contributed by atoms with Crippen molar-refractivity contribution < 1.29 is 4.79 Å². The number of carbonyl (C=O) groups excluding carboxylic acids is 1. The van der Waals surface area contributed by atoms with E-state index >= 15 is 0 Å². The van der Waals surface area contributed by atoms with E-state index in [1.807, 2.05) is 0 Å². The number of fused-ring (bicyclic) bond motifs is 1. The number of amides is 1. The van der Waals surface area contributed by atoms with Crippen LogP contribution in [0.5, 0.6) is 0 Å². The van der Waals surface area contributed by atoms with E-state index < -0.39 is 0 Å². The molecule has 2 atom stereocenters. The van der Waals surface area contributed by atoms with Crippen LogP contribution in [0.3, 0.4) is 0 Å². The lowest BCUT2D eigenvalue weighted by molar-refractivity contribution is -0.146. The van der Waals surface area contributed by atoms with Crippen LogP contribution in [0.1, 0.15) is 38.5 Å². The second-order valence-electron chi connectivity index (χ2n) is 6.36. The van der Waals surface area contributed by atoms with Gasteiger partial charge in [-0.2, -0.15) is 0 Å². The fourth-order valence-corrected chi connectivity index (χ4v) is 4.09. The minimum atomic E-state index is -0.0698. The maximum atomic E-state index is 12.9. The third-order valence-electron chi connectivity index (χ3n) is 5.29. The van der Waals surface area contributed by atoms with E-state index in [0.29, 0.717) is 17.9 Å². The van der Waals surface area contributed by atoms with Crippen LogP contribution in [-0.2, 0) is 4.79 Å². The van der Waals surface area contributed by atoms with Crippen molar-refractivity contribution in [1.29, 1.82) is 0 Å². The number of nitrogens with one attached hydrogen (secondary N) is 1. The van der Waals surface area contributed by atoms with Crippen LogP contribution in [0.25, 0.3) is 0 Å². The summed E-state index contributed by atoms with van der Waals surface area (Å²) in [6.45, 7) is 3.68. The quantitative estimate of drug-likeness (QED) is 0.722. The third kappa shape index (κ3) is 1.95. The van der Waals surface area contributed by atoms with Crippen molar-refractivity contribution in [2.75, 3.05) is 26.2 Å². The number of piperidine rings is 1. The summed E-state index contributed by atoms with van der Waals surface area (Å²) in [7, 11) is 0. The molecule has 1 aliphatic carbocycles. The second kappa shape index (κ2) is 4.82. The predicted octanol–water partition coefficient (Wildman–Crippen LogP) is 0.716. The summed E-state index contributed by atoms with van der Waals surface area (Å²) in [4.78, 5) is 15.0. The zero-order valence-electron chi connectivity index (χ0n) is 11.2. The Kier molecular flexibility index (Phi) is 3.32. The Morgan fingerprint density at radius 1 is 1.22 bits per heavy atom. The Balaban J connectivity index is 1.74. The van der Waals surface area contributed by atoms with E-state index in [4.69, 9.17) is 5.73 Å². The molecule has 3 fully saturated rings. The number of hydrogen-bond donors (Lipinski definition) is 2. The number of nitrogens with two attached hydrogens (primary N) is 1. The van der Waals surface area contributed by atoms with Crippen LogP contribution in [0.4, 0.5) is 0 Å². The molecule has 102 valence electrons. The first-order chi connectivity index (χ1) is 8.72. The van der Waals surface area contributed by atoms with Crippen LogP contribution in [0, 0.1) is 11.3 Å². The Morgan fingerprint density at radius 3 is 2.78 bits per heavy atom. The average molecular weight is 251 g/mol. The van der Waals surface area contributed by atoms with Gasteiger partial charge in [0.1, 0.15) is 0 Å². The SMILES string of the molecule is NC1CCN(C(=O)[C@@]23CCCC[C@H]2CNC3)CC1. The number of carbonyl (C=O) groups is 1. The zero-order valence-corrected chi connectivity index (χ0v) is 11.2. The molecule has 3 aliphatic rings. The molecule has 4 nitrogen and oxygen atoms in total. The van der Waals surface area contributed by atoms with Crippen molar-refractivity contribution >= 4 is 5.91 Å². The normalized spacial score (nSPS) is 37.6. The topological polar surface area (TPSA) is 58.4 Å².